The summed E-state index contributed by atoms with van der Waals surface area (Å²) in [6.45, 7) is 1.37. The Hall–Kier alpha value is -3.69. The minimum Gasteiger partial charge on any atom is -0.497 e. The standard InChI is InChI=1S/C31H37N3O5S/c1-32-31(36)29(22-25-8-4-3-5-9-25)34(23-26-10-15-27(39-2)16-11-26)30(35)19-14-24-12-17-28(18-13-24)40(37,38)33-20-6-7-21-33/h3-5,8-13,15-18,29H,6-7,14,19-23H2,1-2H3,(H,32,36)/t29-/m0/s1. The summed E-state index contributed by atoms with van der Waals surface area (Å²) in [5.41, 5.74) is 2.70. The molecule has 0 saturated carbocycles. The molecule has 3 aromatic carbocycles. The van der Waals surface area contributed by atoms with Crippen molar-refractivity contribution in [2.24, 2.45) is 0 Å². The molecule has 1 saturated heterocycles. The molecule has 0 spiro atoms. The minimum absolute atomic E-state index is 0.158. The molecule has 1 aliphatic rings. The maximum Gasteiger partial charge on any atom is 0.243 e. The van der Waals surface area contributed by atoms with Gasteiger partial charge in [0.15, 0.2) is 0 Å². The Morgan fingerprint density at radius 2 is 1.52 bits per heavy atom. The molecule has 1 N–H and O–H groups in total. The number of carbonyl (C=O) groups excluding carboxylic acids is 2. The van der Waals surface area contributed by atoms with Crippen molar-refractivity contribution in [1.29, 1.82) is 0 Å². The summed E-state index contributed by atoms with van der Waals surface area (Å²) in [6.07, 6.45) is 2.75. The van der Waals surface area contributed by atoms with Gasteiger partial charge in [0.25, 0.3) is 0 Å². The summed E-state index contributed by atoms with van der Waals surface area (Å²) < 4.78 is 32.5. The smallest absolute Gasteiger partial charge is 0.243 e. The van der Waals surface area contributed by atoms with Crippen LogP contribution in [0.1, 0.15) is 36.0 Å². The Morgan fingerprint density at radius 3 is 2.12 bits per heavy atom. The number of benzene rings is 3. The number of nitrogens with zero attached hydrogens (tertiary/aromatic N) is 2. The lowest BCUT2D eigenvalue weighted by molar-refractivity contribution is -0.141. The zero-order valence-corrected chi connectivity index (χ0v) is 23.9. The van der Waals surface area contributed by atoms with Crippen LogP contribution in [0.3, 0.4) is 0 Å². The normalized spacial score (nSPS) is 14.4. The number of sulfonamides is 1. The van der Waals surface area contributed by atoms with Gasteiger partial charge >= 0.3 is 0 Å². The highest BCUT2D eigenvalue weighted by Crippen LogP contribution is 2.22. The van der Waals surface area contributed by atoms with Gasteiger partial charge < -0.3 is 15.0 Å². The van der Waals surface area contributed by atoms with Gasteiger partial charge in [-0.2, -0.15) is 4.31 Å². The number of hydrogen-bond donors (Lipinski definition) is 1. The SMILES string of the molecule is CNC(=O)[C@H](Cc1ccccc1)N(Cc1ccc(OC)cc1)C(=O)CCc1ccc(S(=O)(=O)N2CCCC2)cc1. The van der Waals surface area contributed by atoms with E-state index in [1.165, 1.54) is 4.31 Å². The van der Waals surface area contributed by atoms with Crippen LogP contribution in [0.15, 0.2) is 83.8 Å². The Balaban J connectivity index is 1.52. The number of hydrogen-bond acceptors (Lipinski definition) is 5. The summed E-state index contributed by atoms with van der Waals surface area (Å²) in [5.74, 6) is 0.320. The number of carbonyl (C=O) groups is 2. The van der Waals surface area contributed by atoms with Gasteiger partial charge in [-0.15, -0.1) is 0 Å². The van der Waals surface area contributed by atoms with E-state index in [0.29, 0.717) is 31.7 Å². The number of likely N-dealkylation sites (N-methyl/N-ethyl adjacent to an activating group) is 1. The number of rotatable bonds is 12. The molecular formula is C31H37N3O5S. The Bertz CT molecular complexity index is 1370. The third-order valence-electron chi connectivity index (χ3n) is 7.28. The maximum absolute atomic E-state index is 13.7. The van der Waals surface area contributed by atoms with Gasteiger partial charge in [-0.05, 0) is 60.2 Å². The minimum atomic E-state index is -3.49. The second kappa shape index (κ2) is 13.6. The number of aryl methyl sites for hydroxylation is 1. The fourth-order valence-corrected chi connectivity index (χ4v) is 6.47. The van der Waals surface area contributed by atoms with Crippen LogP contribution >= 0.6 is 0 Å². The van der Waals surface area contributed by atoms with Crippen molar-refractivity contribution in [2.75, 3.05) is 27.2 Å². The van der Waals surface area contributed by atoms with Crippen LogP contribution < -0.4 is 10.1 Å². The molecule has 8 nitrogen and oxygen atoms in total. The van der Waals surface area contributed by atoms with E-state index in [9.17, 15) is 18.0 Å². The van der Waals surface area contributed by atoms with E-state index in [4.69, 9.17) is 4.74 Å². The Labute approximate surface area is 237 Å². The number of nitrogens with one attached hydrogen (secondary N) is 1. The van der Waals surface area contributed by atoms with Gasteiger partial charge in [-0.25, -0.2) is 8.42 Å². The van der Waals surface area contributed by atoms with Crippen molar-refractivity contribution in [3.63, 3.8) is 0 Å². The lowest BCUT2D eigenvalue weighted by Gasteiger charge is -2.31. The number of amides is 2. The van der Waals surface area contributed by atoms with Gasteiger partial charge in [0.2, 0.25) is 21.8 Å². The number of methoxy groups -OCH3 is 1. The summed E-state index contributed by atoms with van der Waals surface area (Å²) >= 11 is 0. The second-order valence-electron chi connectivity index (χ2n) is 9.94. The third kappa shape index (κ3) is 7.28. The largest absolute Gasteiger partial charge is 0.497 e. The number of ether oxygens (including phenoxy) is 1. The first kappa shape index (κ1) is 29.3. The maximum atomic E-state index is 13.7. The molecule has 0 aromatic heterocycles. The highest BCUT2D eigenvalue weighted by atomic mass is 32.2. The fourth-order valence-electron chi connectivity index (χ4n) is 4.95. The van der Waals surface area contributed by atoms with Crippen LogP contribution in [-0.4, -0.2) is 62.7 Å². The molecule has 2 amide bonds. The quantitative estimate of drug-likeness (QED) is 0.362. The van der Waals surface area contributed by atoms with Crippen LogP contribution in [0.4, 0.5) is 0 Å². The molecule has 3 aromatic rings. The first-order valence-corrected chi connectivity index (χ1v) is 15.0. The summed E-state index contributed by atoms with van der Waals surface area (Å²) in [4.78, 5) is 28.7. The molecular weight excluding hydrogens is 526 g/mol. The van der Waals surface area contributed by atoms with Crippen LogP contribution in [-0.2, 0) is 39.0 Å². The van der Waals surface area contributed by atoms with Crippen molar-refractivity contribution < 1.29 is 22.7 Å². The Kier molecular flexibility index (Phi) is 9.95. The molecule has 0 radical (unpaired) electrons. The third-order valence-corrected chi connectivity index (χ3v) is 9.20. The predicted octanol–water partition coefficient (Wildman–Crippen LogP) is 3.80. The average Bonchev–Trinajstić information content (AvgIpc) is 3.55. The summed E-state index contributed by atoms with van der Waals surface area (Å²) in [5, 5.41) is 2.73. The predicted molar refractivity (Wildman–Crippen MR) is 154 cm³/mol. The zero-order chi connectivity index (χ0) is 28.5. The highest BCUT2D eigenvalue weighted by molar-refractivity contribution is 7.89. The van der Waals surface area contributed by atoms with Gasteiger partial charge in [0.1, 0.15) is 11.8 Å². The van der Waals surface area contributed by atoms with Gasteiger partial charge in [0.05, 0.1) is 12.0 Å². The molecule has 0 aliphatic carbocycles. The molecule has 40 heavy (non-hydrogen) atoms. The van der Waals surface area contributed by atoms with E-state index < -0.39 is 16.1 Å². The molecule has 0 bridgehead atoms. The lowest BCUT2D eigenvalue weighted by atomic mass is 10.0. The topological polar surface area (TPSA) is 96.0 Å². The van der Waals surface area contributed by atoms with Gasteiger partial charge in [-0.1, -0.05) is 54.6 Å². The lowest BCUT2D eigenvalue weighted by Crippen LogP contribution is -2.49. The monoisotopic (exact) mass is 563 g/mol. The first-order valence-electron chi connectivity index (χ1n) is 13.6. The molecule has 1 fully saturated rings. The van der Waals surface area contributed by atoms with E-state index in [0.717, 1.165) is 29.5 Å². The van der Waals surface area contributed by atoms with Crippen molar-refractivity contribution in [1.82, 2.24) is 14.5 Å². The van der Waals surface area contributed by atoms with Crippen LogP contribution in [0.5, 0.6) is 5.75 Å². The van der Waals surface area contributed by atoms with Crippen molar-refractivity contribution in [3.05, 3.63) is 95.6 Å². The summed E-state index contributed by atoms with van der Waals surface area (Å²) in [6, 6.07) is 23.2. The van der Waals surface area contributed by atoms with Crippen molar-refractivity contribution >= 4 is 21.8 Å². The van der Waals surface area contributed by atoms with E-state index in [2.05, 4.69) is 5.32 Å². The fraction of sp³-hybridized carbons (Fsp3) is 0.355. The van der Waals surface area contributed by atoms with Crippen LogP contribution in [0.25, 0.3) is 0 Å². The molecule has 0 unspecified atom stereocenters. The molecule has 4 rings (SSSR count). The first-order chi connectivity index (χ1) is 19.3. The van der Waals surface area contributed by atoms with E-state index in [1.54, 1.807) is 43.3 Å². The average molecular weight is 564 g/mol. The van der Waals surface area contributed by atoms with Gasteiger partial charge in [-0.3, -0.25) is 9.59 Å². The van der Waals surface area contributed by atoms with Gasteiger partial charge in [0, 0.05) is 39.5 Å². The van der Waals surface area contributed by atoms with E-state index >= 15 is 0 Å². The molecule has 212 valence electrons. The second-order valence-corrected chi connectivity index (χ2v) is 11.9. The zero-order valence-electron chi connectivity index (χ0n) is 23.1. The van der Waals surface area contributed by atoms with Crippen LogP contribution in [0, 0.1) is 0 Å². The molecule has 1 atom stereocenters. The van der Waals surface area contributed by atoms with Crippen molar-refractivity contribution in [3.8, 4) is 5.75 Å². The molecule has 1 aliphatic heterocycles. The molecule has 9 heteroatoms. The van der Waals surface area contributed by atoms with E-state index in [-0.39, 0.29) is 29.7 Å². The Morgan fingerprint density at radius 1 is 0.900 bits per heavy atom. The molecule has 1 heterocycles. The summed E-state index contributed by atoms with van der Waals surface area (Å²) in [7, 11) is -0.313. The van der Waals surface area contributed by atoms with Crippen LogP contribution in [0.2, 0.25) is 0 Å². The van der Waals surface area contributed by atoms with Crippen molar-refractivity contribution in [2.45, 2.75) is 49.6 Å². The highest BCUT2D eigenvalue weighted by Gasteiger charge is 2.30. The van der Waals surface area contributed by atoms with E-state index in [1.807, 2.05) is 54.6 Å².